The van der Waals surface area contributed by atoms with Gasteiger partial charge in [0.05, 0.1) is 0 Å². The van der Waals surface area contributed by atoms with E-state index in [-0.39, 0.29) is 6.03 Å². The molecule has 138 valence electrons. The highest BCUT2D eigenvalue weighted by atomic mass is 35.5. The summed E-state index contributed by atoms with van der Waals surface area (Å²) in [7, 11) is 0. The number of rotatable bonds is 5. The largest absolute Gasteiger partial charge is 0.322 e. The molecular formula is C23H23ClN2O. The molecule has 0 heterocycles. The summed E-state index contributed by atoms with van der Waals surface area (Å²) in [6, 6.07) is 23.5. The third-order valence-corrected chi connectivity index (χ3v) is 4.62. The van der Waals surface area contributed by atoms with E-state index in [0.29, 0.717) is 18.1 Å². The van der Waals surface area contributed by atoms with E-state index in [0.717, 1.165) is 22.4 Å². The number of hydrogen-bond donors (Lipinski definition) is 1. The predicted octanol–water partition coefficient (Wildman–Crippen LogP) is 6.19. The highest BCUT2D eigenvalue weighted by molar-refractivity contribution is 6.30. The molecule has 0 fully saturated rings. The van der Waals surface area contributed by atoms with E-state index in [1.165, 1.54) is 5.56 Å². The molecule has 3 aromatic rings. The Kier molecular flexibility index (Phi) is 6.15. The summed E-state index contributed by atoms with van der Waals surface area (Å²) >= 11 is 6.11. The van der Waals surface area contributed by atoms with E-state index in [1.807, 2.05) is 80.6 Å². The van der Waals surface area contributed by atoms with Crippen molar-refractivity contribution in [2.75, 3.05) is 5.32 Å². The molecule has 0 aliphatic carbocycles. The van der Waals surface area contributed by atoms with E-state index < -0.39 is 0 Å². The third-order valence-electron chi connectivity index (χ3n) is 4.39. The van der Waals surface area contributed by atoms with Gasteiger partial charge in [-0.15, -0.1) is 0 Å². The van der Waals surface area contributed by atoms with Crippen molar-refractivity contribution in [2.24, 2.45) is 0 Å². The Balaban J connectivity index is 1.82. The first-order valence-corrected chi connectivity index (χ1v) is 9.30. The lowest BCUT2D eigenvalue weighted by Gasteiger charge is -2.24. The van der Waals surface area contributed by atoms with Gasteiger partial charge in [0.25, 0.3) is 0 Å². The number of anilines is 1. The Morgan fingerprint density at radius 2 is 1.59 bits per heavy atom. The SMILES string of the molecule is Cc1ccc(NC(=O)N(Cc2ccccc2)Cc2cccc(Cl)c2)c(C)c1. The quantitative estimate of drug-likeness (QED) is 0.563. The number of urea groups is 1. The molecule has 0 aromatic heterocycles. The number of hydrogen-bond acceptors (Lipinski definition) is 1. The Labute approximate surface area is 165 Å². The van der Waals surface area contributed by atoms with Gasteiger partial charge in [0.15, 0.2) is 0 Å². The minimum absolute atomic E-state index is 0.134. The molecule has 1 N–H and O–H groups in total. The number of amides is 2. The average molecular weight is 379 g/mol. The first-order chi connectivity index (χ1) is 13.0. The van der Waals surface area contributed by atoms with Crippen LogP contribution in [0.1, 0.15) is 22.3 Å². The minimum atomic E-state index is -0.134. The van der Waals surface area contributed by atoms with Crippen LogP contribution in [0.25, 0.3) is 0 Å². The van der Waals surface area contributed by atoms with Crippen LogP contribution in [-0.2, 0) is 13.1 Å². The van der Waals surface area contributed by atoms with E-state index in [1.54, 1.807) is 4.90 Å². The summed E-state index contributed by atoms with van der Waals surface area (Å²) in [5.74, 6) is 0. The van der Waals surface area contributed by atoms with Gasteiger partial charge in [-0.1, -0.05) is 71.8 Å². The van der Waals surface area contributed by atoms with Gasteiger partial charge in [-0.2, -0.15) is 0 Å². The molecule has 3 rings (SSSR count). The second kappa shape index (κ2) is 8.74. The molecule has 0 aliphatic rings. The maximum absolute atomic E-state index is 13.0. The van der Waals surface area contributed by atoms with Gasteiger partial charge < -0.3 is 10.2 Å². The number of carbonyl (C=O) groups excluding carboxylic acids is 1. The molecule has 27 heavy (non-hydrogen) atoms. The lowest BCUT2D eigenvalue weighted by molar-refractivity contribution is 0.206. The summed E-state index contributed by atoms with van der Waals surface area (Å²) < 4.78 is 0. The smallest absolute Gasteiger partial charge is 0.316 e. The highest BCUT2D eigenvalue weighted by Gasteiger charge is 2.16. The van der Waals surface area contributed by atoms with Crippen molar-refractivity contribution in [3.8, 4) is 0 Å². The molecule has 3 nitrogen and oxygen atoms in total. The molecule has 2 amide bonds. The zero-order chi connectivity index (χ0) is 19.2. The first kappa shape index (κ1) is 19.0. The lowest BCUT2D eigenvalue weighted by Crippen LogP contribution is -2.34. The van der Waals surface area contributed by atoms with Gasteiger partial charge in [0.1, 0.15) is 0 Å². The van der Waals surface area contributed by atoms with Crippen molar-refractivity contribution in [3.05, 3.63) is 100 Å². The molecule has 0 saturated carbocycles. The highest BCUT2D eigenvalue weighted by Crippen LogP contribution is 2.19. The number of carbonyl (C=O) groups is 1. The van der Waals surface area contributed by atoms with Gasteiger partial charge in [-0.05, 0) is 48.7 Å². The van der Waals surface area contributed by atoms with Crippen molar-refractivity contribution < 1.29 is 4.79 Å². The van der Waals surface area contributed by atoms with Crippen LogP contribution in [0.2, 0.25) is 5.02 Å². The second-order valence-electron chi connectivity index (χ2n) is 6.72. The predicted molar refractivity (Wildman–Crippen MR) is 112 cm³/mol. The second-order valence-corrected chi connectivity index (χ2v) is 7.16. The fourth-order valence-corrected chi connectivity index (χ4v) is 3.22. The molecule has 0 atom stereocenters. The Hall–Kier alpha value is -2.78. The topological polar surface area (TPSA) is 32.3 Å². The molecule has 0 spiro atoms. The fourth-order valence-electron chi connectivity index (χ4n) is 3.01. The zero-order valence-corrected chi connectivity index (χ0v) is 16.3. The monoisotopic (exact) mass is 378 g/mol. The van der Waals surface area contributed by atoms with E-state index in [4.69, 9.17) is 11.6 Å². The number of benzene rings is 3. The van der Waals surface area contributed by atoms with Crippen LogP contribution in [0.4, 0.5) is 10.5 Å². The summed E-state index contributed by atoms with van der Waals surface area (Å²) in [4.78, 5) is 14.8. The number of nitrogens with one attached hydrogen (secondary N) is 1. The minimum Gasteiger partial charge on any atom is -0.316 e. The molecule has 3 aromatic carbocycles. The third kappa shape index (κ3) is 5.35. The number of aryl methyl sites for hydroxylation is 2. The first-order valence-electron chi connectivity index (χ1n) is 8.93. The van der Waals surface area contributed by atoms with Gasteiger partial charge in [-0.25, -0.2) is 4.79 Å². The Morgan fingerprint density at radius 3 is 2.30 bits per heavy atom. The van der Waals surface area contributed by atoms with Crippen LogP contribution in [0.15, 0.2) is 72.8 Å². The number of nitrogens with zero attached hydrogens (tertiary/aromatic N) is 1. The van der Waals surface area contributed by atoms with Crippen molar-refractivity contribution in [1.29, 1.82) is 0 Å². The molecule has 0 aliphatic heterocycles. The van der Waals surface area contributed by atoms with Crippen molar-refractivity contribution in [1.82, 2.24) is 4.90 Å². The molecule has 0 unspecified atom stereocenters. The van der Waals surface area contributed by atoms with Crippen LogP contribution >= 0.6 is 11.6 Å². The average Bonchev–Trinajstić information content (AvgIpc) is 2.64. The molecular weight excluding hydrogens is 356 g/mol. The van der Waals surface area contributed by atoms with E-state index >= 15 is 0 Å². The molecule has 0 saturated heterocycles. The van der Waals surface area contributed by atoms with Gasteiger partial charge in [0.2, 0.25) is 0 Å². The normalized spacial score (nSPS) is 10.5. The molecule has 0 radical (unpaired) electrons. The van der Waals surface area contributed by atoms with Crippen molar-refractivity contribution in [2.45, 2.75) is 26.9 Å². The Morgan fingerprint density at radius 1 is 0.889 bits per heavy atom. The summed E-state index contributed by atoms with van der Waals surface area (Å²) in [6.07, 6.45) is 0. The summed E-state index contributed by atoms with van der Waals surface area (Å²) in [5, 5.41) is 3.72. The van der Waals surface area contributed by atoms with Gasteiger partial charge in [-0.3, -0.25) is 0 Å². The van der Waals surface area contributed by atoms with Crippen molar-refractivity contribution >= 4 is 23.3 Å². The summed E-state index contributed by atoms with van der Waals surface area (Å²) in [6.45, 7) is 5.04. The standard InChI is InChI=1S/C23H23ClN2O/c1-17-11-12-22(18(2)13-17)25-23(27)26(15-19-7-4-3-5-8-19)16-20-9-6-10-21(24)14-20/h3-14H,15-16H2,1-2H3,(H,25,27). The zero-order valence-electron chi connectivity index (χ0n) is 15.6. The summed E-state index contributed by atoms with van der Waals surface area (Å²) in [5.41, 5.74) is 5.12. The van der Waals surface area contributed by atoms with E-state index in [9.17, 15) is 4.79 Å². The maximum atomic E-state index is 13.0. The van der Waals surface area contributed by atoms with Crippen LogP contribution in [0.3, 0.4) is 0 Å². The van der Waals surface area contributed by atoms with Crippen LogP contribution in [0, 0.1) is 13.8 Å². The molecule has 4 heteroatoms. The van der Waals surface area contributed by atoms with Gasteiger partial charge >= 0.3 is 6.03 Å². The fraction of sp³-hybridized carbons (Fsp3) is 0.174. The van der Waals surface area contributed by atoms with E-state index in [2.05, 4.69) is 11.4 Å². The Bertz CT molecular complexity index is 925. The van der Waals surface area contributed by atoms with Crippen LogP contribution in [0.5, 0.6) is 0 Å². The van der Waals surface area contributed by atoms with Crippen LogP contribution in [-0.4, -0.2) is 10.9 Å². The molecule has 0 bridgehead atoms. The number of halogens is 1. The van der Waals surface area contributed by atoms with Crippen molar-refractivity contribution in [3.63, 3.8) is 0 Å². The van der Waals surface area contributed by atoms with Crippen LogP contribution < -0.4 is 5.32 Å². The maximum Gasteiger partial charge on any atom is 0.322 e. The van der Waals surface area contributed by atoms with Gasteiger partial charge in [0, 0.05) is 23.8 Å². The lowest BCUT2D eigenvalue weighted by atomic mass is 10.1.